The number of carbonyl (C=O) groups excluding carboxylic acids is 1. The second kappa shape index (κ2) is 6.23. The number of rotatable bonds is 4. The summed E-state index contributed by atoms with van der Waals surface area (Å²) in [5, 5.41) is 0. The predicted molar refractivity (Wildman–Crippen MR) is 87.9 cm³/mol. The van der Waals surface area contributed by atoms with Gasteiger partial charge in [-0.25, -0.2) is 4.98 Å². The Kier molecular flexibility index (Phi) is 4.24. The molecular weight excluding hydrogens is 331 g/mol. The quantitative estimate of drug-likeness (QED) is 0.775. The van der Waals surface area contributed by atoms with Crippen molar-refractivity contribution in [3.05, 3.63) is 59.9 Å². The molecule has 130 valence electrons. The van der Waals surface area contributed by atoms with Gasteiger partial charge in [-0.05, 0) is 30.7 Å². The van der Waals surface area contributed by atoms with Crippen LogP contribution in [0.3, 0.4) is 0 Å². The molecule has 0 bridgehead atoms. The number of hydrogen-bond acceptors (Lipinski definition) is 2. The molecule has 1 unspecified atom stereocenters. The fraction of sp³-hybridized carbons (Fsp3) is 0.222. The van der Waals surface area contributed by atoms with Crippen molar-refractivity contribution < 1.29 is 18.0 Å². The summed E-state index contributed by atoms with van der Waals surface area (Å²) in [6, 6.07) is 10.2. The first kappa shape index (κ1) is 17.0. The van der Waals surface area contributed by atoms with E-state index in [0.29, 0.717) is 29.0 Å². The first-order valence-electron chi connectivity index (χ1n) is 7.77. The minimum Gasteiger partial charge on any atom is -0.369 e. The lowest BCUT2D eigenvalue weighted by Gasteiger charge is -2.13. The van der Waals surface area contributed by atoms with E-state index in [1.54, 1.807) is 41.8 Å². The number of halogens is 3. The molecule has 25 heavy (non-hydrogen) atoms. The second-order valence-corrected chi connectivity index (χ2v) is 5.72. The van der Waals surface area contributed by atoms with Crippen LogP contribution in [-0.2, 0) is 11.0 Å². The molecule has 4 nitrogen and oxygen atoms in total. The number of imidazole rings is 1. The van der Waals surface area contributed by atoms with Crippen LogP contribution in [0.1, 0.15) is 30.5 Å². The van der Waals surface area contributed by atoms with E-state index >= 15 is 0 Å². The zero-order valence-corrected chi connectivity index (χ0v) is 13.4. The largest absolute Gasteiger partial charge is 0.416 e. The van der Waals surface area contributed by atoms with Gasteiger partial charge in [0.25, 0.3) is 0 Å². The Balaban J connectivity index is 2.29. The number of alkyl halides is 3. The highest BCUT2D eigenvalue weighted by atomic mass is 19.4. The molecule has 2 aromatic heterocycles. The van der Waals surface area contributed by atoms with Gasteiger partial charge in [0, 0.05) is 11.8 Å². The first-order valence-corrected chi connectivity index (χ1v) is 7.77. The van der Waals surface area contributed by atoms with E-state index in [-0.39, 0.29) is 0 Å². The highest BCUT2D eigenvalue weighted by molar-refractivity contribution is 5.84. The van der Waals surface area contributed by atoms with Crippen molar-refractivity contribution >= 4 is 11.6 Å². The molecule has 0 saturated carbocycles. The average molecular weight is 347 g/mol. The molecule has 0 spiro atoms. The van der Waals surface area contributed by atoms with Gasteiger partial charge >= 0.3 is 6.18 Å². The minimum atomic E-state index is -4.45. The summed E-state index contributed by atoms with van der Waals surface area (Å²) < 4.78 is 40.9. The lowest BCUT2D eigenvalue weighted by atomic mass is 9.96. The van der Waals surface area contributed by atoms with Crippen LogP contribution in [-0.4, -0.2) is 15.3 Å². The maximum absolute atomic E-state index is 13.1. The average Bonchev–Trinajstić information content (AvgIpc) is 2.93. The third kappa shape index (κ3) is 3.09. The molecule has 0 aliphatic rings. The molecule has 3 aromatic rings. The van der Waals surface area contributed by atoms with E-state index in [2.05, 4.69) is 4.98 Å². The minimum absolute atomic E-state index is 0.336. The number of aromatic nitrogens is 2. The van der Waals surface area contributed by atoms with Gasteiger partial charge in [-0.1, -0.05) is 25.1 Å². The van der Waals surface area contributed by atoms with Crippen LogP contribution in [0.15, 0.2) is 48.7 Å². The number of amides is 1. The summed E-state index contributed by atoms with van der Waals surface area (Å²) in [6.07, 6.45) is -2.34. The fourth-order valence-corrected chi connectivity index (χ4v) is 2.92. The maximum Gasteiger partial charge on any atom is 0.416 e. The van der Waals surface area contributed by atoms with Crippen molar-refractivity contribution in [1.82, 2.24) is 9.38 Å². The normalized spacial score (nSPS) is 13.1. The Labute approximate surface area is 142 Å². The monoisotopic (exact) mass is 347 g/mol. The van der Waals surface area contributed by atoms with Crippen LogP contribution in [0.5, 0.6) is 0 Å². The number of carbonyl (C=O) groups is 1. The SMILES string of the molecule is CCC(C(N)=O)c1nc2ccccn2c1-c1cccc(C(F)(F)F)c1. The molecule has 0 aliphatic heterocycles. The number of primary amides is 1. The molecule has 0 saturated heterocycles. The molecule has 7 heteroatoms. The zero-order valence-electron chi connectivity index (χ0n) is 13.4. The topological polar surface area (TPSA) is 60.4 Å². The van der Waals surface area contributed by atoms with Crippen molar-refractivity contribution in [2.24, 2.45) is 5.73 Å². The highest BCUT2D eigenvalue weighted by Crippen LogP contribution is 2.35. The smallest absolute Gasteiger partial charge is 0.369 e. The Bertz CT molecular complexity index is 931. The maximum atomic E-state index is 13.1. The Morgan fingerprint density at radius 3 is 2.64 bits per heavy atom. The van der Waals surface area contributed by atoms with Crippen LogP contribution in [0, 0.1) is 0 Å². The van der Waals surface area contributed by atoms with Crippen molar-refractivity contribution in [3.8, 4) is 11.3 Å². The second-order valence-electron chi connectivity index (χ2n) is 5.72. The van der Waals surface area contributed by atoms with E-state index < -0.39 is 23.6 Å². The third-order valence-corrected chi connectivity index (χ3v) is 4.10. The molecule has 2 heterocycles. The van der Waals surface area contributed by atoms with Crippen molar-refractivity contribution in [2.45, 2.75) is 25.4 Å². The molecule has 2 N–H and O–H groups in total. The zero-order chi connectivity index (χ0) is 18.2. The van der Waals surface area contributed by atoms with Crippen LogP contribution in [0.25, 0.3) is 16.9 Å². The van der Waals surface area contributed by atoms with Gasteiger partial charge in [0.05, 0.1) is 22.9 Å². The van der Waals surface area contributed by atoms with Crippen LogP contribution < -0.4 is 5.73 Å². The molecule has 0 aliphatic carbocycles. The van der Waals surface area contributed by atoms with E-state index in [9.17, 15) is 18.0 Å². The van der Waals surface area contributed by atoms with E-state index in [1.807, 2.05) is 0 Å². The lowest BCUT2D eigenvalue weighted by molar-refractivity contribution is -0.137. The molecular formula is C18H16F3N3O. The van der Waals surface area contributed by atoms with Crippen LogP contribution in [0.4, 0.5) is 13.2 Å². The van der Waals surface area contributed by atoms with Crippen molar-refractivity contribution in [1.29, 1.82) is 0 Å². The van der Waals surface area contributed by atoms with Gasteiger partial charge in [-0.2, -0.15) is 13.2 Å². The van der Waals surface area contributed by atoms with E-state index in [0.717, 1.165) is 12.1 Å². The van der Waals surface area contributed by atoms with Gasteiger partial charge in [-0.15, -0.1) is 0 Å². The molecule has 0 radical (unpaired) electrons. The summed E-state index contributed by atoms with van der Waals surface area (Å²) in [7, 11) is 0. The van der Waals surface area contributed by atoms with Crippen LogP contribution in [0.2, 0.25) is 0 Å². The number of nitrogens with zero attached hydrogens (tertiary/aromatic N) is 2. The van der Waals surface area contributed by atoms with E-state index in [4.69, 9.17) is 5.73 Å². The summed E-state index contributed by atoms with van der Waals surface area (Å²) in [5.41, 5.74) is 6.45. The van der Waals surface area contributed by atoms with Crippen molar-refractivity contribution in [2.75, 3.05) is 0 Å². The molecule has 3 rings (SSSR count). The molecule has 1 aromatic carbocycles. The Morgan fingerprint density at radius 2 is 2.00 bits per heavy atom. The number of fused-ring (bicyclic) bond motifs is 1. The highest BCUT2D eigenvalue weighted by Gasteiger charge is 2.31. The molecule has 1 amide bonds. The summed E-state index contributed by atoms with van der Waals surface area (Å²) >= 11 is 0. The predicted octanol–water partition coefficient (Wildman–Crippen LogP) is 4.00. The van der Waals surface area contributed by atoms with Crippen LogP contribution >= 0.6 is 0 Å². The number of hydrogen-bond donors (Lipinski definition) is 1. The van der Waals surface area contributed by atoms with Gasteiger partial charge < -0.3 is 5.73 Å². The van der Waals surface area contributed by atoms with Gasteiger partial charge in [-0.3, -0.25) is 9.20 Å². The van der Waals surface area contributed by atoms with E-state index in [1.165, 1.54) is 6.07 Å². The summed E-state index contributed by atoms with van der Waals surface area (Å²) in [6.45, 7) is 1.79. The van der Waals surface area contributed by atoms with Crippen molar-refractivity contribution in [3.63, 3.8) is 0 Å². The molecule has 1 atom stereocenters. The summed E-state index contributed by atoms with van der Waals surface area (Å²) in [5.74, 6) is -1.23. The number of benzene rings is 1. The molecule has 0 fully saturated rings. The van der Waals surface area contributed by atoms with Gasteiger partial charge in [0.1, 0.15) is 5.65 Å². The Morgan fingerprint density at radius 1 is 1.24 bits per heavy atom. The van der Waals surface area contributed by atoms with Gasteiger partial charge in [0.15, 0.2) is 0 Å². The lowest BCUT2D eigenvalue weighted by Crippen LogP contribution is -2.21. The first-order chi connectivity index (χ1) is 11.8. The number of nitrogens with two attached hydrogens (primary N) is 1. The Hall–Kier alpha value is -2.83. The summed E-state index contributed by atoms with van der Waals surface area (Å²) in [4.78, 5) is 16.3. The third-order valence-electron chi connectivity index (χ3n) is 4.10. The number of pyridine rings is 1. The standard InChI is InChI=1S/C18H16F3N3O/c1-2-13(17(22)25)15-16(24-9-4-3-8-14(24)23-15)11-6-5-7-12(10-11)18(19,20)21/h3-10,13H,2H2,1H3,(H2,22,25). The fourth-order valence-electron chi connectivity index (χ4n) is 2.92. The van der Waals surface area contributed by atoms with Gasteiger partial charge in [0.2, 0.25) is 5.91 Å².